The van der Waals surface area contributed by atoms with Gasteiger partial charge >= 0.3 is 6.03 Å². The van der Waals surface area contributed by atoms with E-state index in [-0.39, 0.29) is 18.4 Å². The van der Waals surface area contributed by atoms with Crippen molar-refractivity contribution >= 4 is 6.03 Å². The van der Waals surface area contributed by atoms with Gasteiger partial charge in [0.1, 0.15) is 11.4 Å². The third kappa shape index (κ3) is 4.45. The molecule has 2 unspecified atom stereocenters. The second-order valence-electron chi connectivity index (χ2n) is 7.23. The summed E-state index contributed by atoms with van der Waals surface area (Å²) in [6.07, 6.45) is 3.77. The lowest BCUT2D eigenvalue weighted by molar-refractivity contribution is 0.0593. The molecular formula is C18H26FN3O2. The van der Waals surface area contributed by atoms with E-state index in [1.807, 2.05) is 0 Å². The summed E-state index contributed by atoms with van der Waals surface area (Å²) in [5.74, 6) is 0.158. The average Bonchev–Trinajstić information content (AvgIpc) is 3.30. The standard InChI is InChI=1S/C18H26FN3O2/c1-18(24,14-2-4-15(19)5-3-14)12-21-17(23)20-10-13-8-9-22(11-13)16-6-7-16/h2-5,13,16,24H,6-12H2,1H3,(H2,20,21,23). The molecule has 3 N–H and O–H groups in total. The highest BCUT2D eigenvalue weighted by atomic mass is 19.1. The second-order valence-corrected chi connectivity index (χ2v) is 7.23. The number of hydrogen-bond donors (Lipinski definition) is 3. The molecule has 5 nitrogen and oxygen atoms in total. The van der Waals surface area contributed by atoms with E-state index in [2.05, 4.69) is 15.5 Å². The summed E-state index contributed by atoms with van der Waals surface area (Å²) in [4.78, 5) is 14.5. The predicted octanol–water partition coefficient (Wildman–Crippen LogP) is 1.82. The molecule has 132 valence electrons. The van der Waals surface area contributed by atoms with E-state index in [1.54, 1.807) is 6.92 Å². The lowest BCUT2D eigenvalue weighted by Gasteiger charge is -2.24. The van der Waals surface area contributed by atoms with Crippen LogP contribution < -0.4 is 10.6 Å². The third-order valence-electron chi connectivity index (χ3n) is 4.99. The van der Waals surface area contributed by atoms with Crippen LogP contribution in [0.25, 0.3) is 0 Å². The van der Waals surface area contributed by atoms with Gasteiger partial charge in [-0.3, -0.25) is 0 Å². The molecule has 1 aromatic carbocycles. The van der Waals surface area contributed by atoms with Gasteiger partial charge in [-0.05, 0) is 56.3 Å². The van der Waals surface area contributed by atoms with Crippen LogP contribution in [0.15, 0.2) is 24.3 Å². The number of benzene rings is 1. The van der Waals surface area contributed by atoms with Crippen LogP contribution in [0.5, 0.6) is 0 Å². The average molecular weight is 335 g/mol. The summed E-state index contributed by atoms with van der Waals surface area (Å²) in [6, 6.07) is 6.17. The number of rotatable bonds is 6. The molecule has 0 spiro atoms. The second kappa shape index (κ2) is 7.07. The number of urea groups is 1. The highest BCUT2D eigenvalue weighted by Crippen LogP contribution is 2.31. The SMILES string of the molecule is CC(O)(CNC(=O)NCC1CCN(C2CC2)C1)c1ccc(F)cc1. The zero-order chi connectivity index (χ0) is 17.2. The van der Waals surface area contributed by atoms with Gasteiger partial charge in [-0.15, -0.1) is 0 Å². The molecule has 1 heterocycles. The molecular weight excluding hydrogens is 309 g/mol. The van der Waals surface area contributed by atoms with E-state index in [9.17, 15) is 14.3 Å². The maximum Gasteiger partial charge on any atom is 0.314 e. The summed E-state index contributed by atoms with van der Waals surface area (Å²) < 4.78 is 13.0. The van der Waals surface area contributed by atoms with Crippen molar-refractivity contribution in [2.75, 3.05) is 26.2 Å². The fourth-order valence-corrected chi connectivity index (χ4v) is 3.26. The molecule has 3 rings (SSSR count). The number of carbonyl (C=O) groups excluding carboxylic acids is 1. The van der Waals surface area contributed by atoms with Crippen molar-refractivity contribution in [3.63, 3.8) is 0 Å². The van der Waals surface area contributed by atoms with Crippen LogP contribution >= 0.6 is 0 Å². The van der Waals surface area contributed by atoms with E-state index in [0.29, 0.717) is 18.0 Å². The number of aliphatic hydroxyl groups is 1. The zero-order valence-electron chi connectivity index (χ0n) is 14.1. The Balaban J connectivity index is 1.39. The highest BCUT2D eigenvalue weighted by Gasteiger charge is 2.34. The Morgan fingerprint density at radius 2 is 2.00 bits per heavy atom. The summed E-state index contributed by atoms with van der Waals surface area (Å²) in [7, 11) is 0. The monoisotopic (exact) mass is 335 g/mol. The number of nitrogens with one attached hydrogen (secondary N) is 2. The zero-order valence-corrected chi connectivity index (χ0v) is 14.1. The predicted molar refractivity (Wildman–Crippen MR) is 90.1 cm³/mol. The first kappa shape index (κ1) is 17.2. The van der Waals surface area contributed by atoms with Crippen molar-refractivity contribution in [2.45, 2.75) is 37.8 Å². The van der Waals surface area contributed by atoms with Crippen molar-refractivity contribution < 1.29 is 14.3 Å². The van der Waals surface area contributed by atoms with E-state index in [0.717, 1.165) is 25.6 Å². The van der Waals surface area contributed by atoms with E-state index in [1.165, 1.54) is 37.1 Å². The minimum atomic E-state index is -1.23. The van der Waals surface area contributed by atoms with Gasteiger partial charge in [0.25, 0.3) is 0 Å². The Bertz CT molecular complexity index is 572. The minimum Gasteiger partial charge on any atom is -0.384 e. The van der Waals surface area contributed by atoms with E-state index >= 15 is 0 Å². The Kier molecular flexibility index (Phi) is 5.06. The fraction of sp³-hybridized carbons (Fsp3) is 0.611. The fourth-order valence-electron chi connectivity index (χ4n) is 3.26. The van der Waals surface area contributed by atoms with Crippen LogP contribution in [0.4, 0.5) is 9.18 Å². The van der Waals surface area contributed by atoms with Gasteiger partial charge < -0.3 is 20.6 Å². The molecule has 2 aliphatic rings. The first-order chi connectivity index (χ1) is 11.4. The quantitative estimate of drug-likeness (QED) is 0.743. The van der Waals surface area contributed by atoms with Crippen molar-refractivity contribution in [3.8, 4) is 0 Å². The number of likely N-dealkylation sites (tertiary alicyclic amines) is 1. The van der Waals surface area contributed by atoms with Gasteiger partial charge in [0.05, 0.1) is 6.54 Å². The van der Waals surface area contributed by atoms with Gasteiger partial charge in [0.15, 0.2) is 0 Å². The molecule has 2 atom stereocenters. The Hall–Kier alpha value is -1.66. The Morgan fingerprint density at radius 1 is 1.29 bits per heavy atom. The van der Waals surface area contributed by atoms with Crippen LogP contribution in [0, 0.1) is 11.7 Å². The smallest absolute Gasteiger partial charge is 0.314 e. The van der Waals surface area contributed by atoms with Gasteiger partial charge in [-0.1, -0.05) is 12.1 Å². The number of hydrogen-bond acceptors (Lipinski definition) is 3. The van der Waals surface area contributed by atoms with Crippen LogP contribution in [0.1, 0.15) is 31.7 Å². The molecule has 24 heavy (non-hydrogen) atoms. The van der Waals surface area contributed by atoms with Gasteiger partial charge in [-0.2, -0.15) is 0 Å². The van der Waals surface area contributed by atoms with Crippen LogP contribution in [0.3, 0.4) is 0 Å². The topological polar surface area (TPSA) is 64.6 Å². The summed E-state index contributed by atoms with van der Waals surface area (Å²) in [5.41, 5.74) is -0.665. The van der Waals surface area contributed by atoms with Crippen molar-refractivity contribution in [1.82, 2.24) is 15.5 Å². The van der Waals surface area contributed by atoms with Gasteiger partial charge in [0.2, 0.25) is 0 Å². The lowest BCUT2D eigenvalue weighted by atomic mass is 9.96. The number of nitrogens with zero attached hydrogens (tertiary/aromatic N) is 1. The molecule has 0 radical (unpaired) electrons. The van der Waals surface area contributed by atoms with Crippen molar-refractivity contribution in [2.24, 2.45) is 5.92 Å². The van der Waals surface area contributed by atoms with Crippen LogP contribution in [0.2, 0.25) is 0 Å². The number of amides is 2. The maximum absolute atomic E-state index is 13.0. The molecule has 1 aliphatic carbocycles. The third-order valence-corrected chi connectivity index (χ3v) is 4.99. The van der Waals surface area contributed by atoms with Crippen LogP contribution in [-0.2, 0) is 5.60 Å². The summed E-state index contributed by atoms with van der Waals surface area (Å²) in [5, 5.41) is 16.0. The largest absolute Gasteiger partial charge is 0.384 e. The number of carbonyl (C=O) groups is 1. The highest BCUT2D eigenvalue weighted by molar-refractivity contribution is 5.73. The molecule has 1 saturated carbocycles. The normalized spacial score (nSPS) is 23.7. The van der Waals surface area contributed by atoms with E-state index in [4.69, 9.17) is 0 Å². The van der Waals surface area contributed by atoms with Crippen molar-refractivity contribution in [3.05, 3.63) is 35.6 Å². The Morgan fingerprint density at radius 3 is 2.67 bits per heavy atom. The lowest BCUT2D eigenvalue weighted by Crippen LogP contribution is -2.44. The molecule has 1 aromatic rings. The first-order valence-electron chi connectivity index (χ1n) is 8.68. The van der Waals surface area contributed by atoms with Gasteiger partial charge in [0, 0.05) is 19.1 Å². The molecule has 2 amide bonds. The van der Waals surface area contributed by atoms with Crippen LogP contribution in [-0.4, -0.2) is 48.3 Å². The Labute approximate surface area is 142 Å². The number of halogens is 1. The van der Waals surface area contributed by atoms with Gasteiger partial charge in [-0.25, -0.2) is 9.18 Å². The first-order valence-corrected chi connectivity index (χ1v) is 8.68. The van der Waals surface area contributed by atoms with Crippen molar-refractivity contribution in [1.29, 1.82) is 0 Å². The summed E-state index contributed by atoms with van der Waals surface area (Å²) >= 11 is 0. The molecule has 1 aliphatic heterocycles. The summed E-state index contributed by atoms with van der Waals surface area (Å²) in [6.45, 7) is 4.54. The molecule has 0 aromatic heterocycles. The molecule has 2 fully saturated rings. The maximum atomic E-state index is 13.0. The molecule has 0 bridgehead atoms. The minimum absolute atomic E-state index is 0.0727. The molecule has 6 heteroatoms. The molecule has 1 saturated heterocycles. The van der Waals surface area contributed by atoms with E-state index < -0.39 is 5.60 Å².